The molecule has 0 aliphatic heterocycles. The van der Waals surface area contributed by atoms with Crippen molar-refractivity contribution in [1.29, 1.82) is 0 Å². The van der Waals surface area contributed by atoms with Crippen molar-refractivity contribution in [3.05, 3.63) is 74.7 Å². The number of carboxylic acid groups (broad SMARTS) is 1. The lowest BCUT2D eigenvalue weighted by Gasteiger charge is -2.31. The second-order valence-corrected chi connectivity index (χ2v) is 7.23. The number of aromatic nitrogens is 3. The minimum absolute atomic E-state index is 0.159. The van der Waals surface area contributed by atoms with E-state index in [1.165, 1.54) is 29.5 Å². The monoisotopic (exact) mass is 444 g/mol. The number of nitrogens with zero attached hydrogens (tertiary/aromatic N) is 4. The number of carbonyl (C=O) groups is 1. The molecule has 1 heterocycles. The van der Waals surface area contributed by atoms with Crippen molar-refractivity contribution in [3.8, 4) is 0 Å². The lowest BCUT2D eigenvalue weighted by Crippen LogP contribution is -2.36. The number of hydrogen-bond donors (Lipinski definition) is 1. The van der Waals surface area contributed by atoms with E-state index in [1.54, 1.807) is 24.3 Å². The van der Waals surface area contributed by atoms with Crippen LogP contribution in [0, 0.1) is 0 Å². The van der Waals surface area contributed by atoms with Gasteiger partial charge in [-0.3, -0.25) is 9.58 Å². The van der Waals surface area contributed by atoms with Crippen molar-refractivity contribution in [3.63, 3.8) is 0 Å². The van der Waals surface area contributed by atoms with Gasteiger partial charge >= 0.3 is 6.09 Å². The van der Waals surface area contributed by atoms with Crippen molar-refractivity contribution in [2.45, 2.75) is 12.6 Å². The second-order valence-electron chi connectivity index (χ2n) is 5.55. The molecule has 1 unspecified atom stereocenters. The van der Waals surface area contributed by atoms with E-state index in [2.05, 4.69) is 10.1 Å². The lowest BCUT2D eigenvalue weighted by atomic mass is 10.0. The van der Waals surface area contributed by atoms with Gasteiger partial charge in [0.25, 0.3) is 0 Å². The minimum atomic E-state index is -1.21. The van der Waals surface area contributed by atoms with Crippen molar-refractivity contribution in [2.24, 2.45) is 0 Å². The SMILES string of the molecule is O=C(O)N(c1ccc(Cl)cc1Cl)C(Cn1cncn1)c1ccc(Cl)cc1Cl. The molecular weight excluding hydrogens is 434 g/mol. The number of anilines is 1. The van der Waals surface area contributed by atoms with Crippen molar-refractivity contribution >= 4 is 58.2 Å². The van der Waals surface area contributed by atoms with Crippen LogP contribution in [0.15, 0.2) is 49.1 Å². The molecule has 1 amide bonds. The van der Waals surface area contributed by atoms with Crippen LogP contribution < -0.4 is 4.90 Å². The number of hydrogen-bond acceptors (Lipinski definition) is 3. The van der Waals surface area contributed by atoms with Gasteiger partial charge < -0.3 is 5.11 Å². The van der Waals surface area contributed by atoms with E-state index in [1.807, 2.05) is 0 Å². The maximum atomic E-state index is 12.2. The fourth-order valence-electron chi connectivity index (χ4n) is 2.68. The Hall–Kier alpha value is -1.99. The summed E-state index contributed by atoms with van der Waals surface area (Å²) in [5, 5.41) is 15.4. The van der Waals surface area contributed by atoms with Crippen LogP contribution in [-0.4, -0.2) is 26.0 Å². The molecule has 2 aromatic carbocycles. The normalized spacial score (nSPS) is 12.0. The molecule has 1 N–H and O–H groups in total. The van der Waals surface area contributed by atoms with Crippen LogP contribution in [-0.2, 0) is 6.54 Å². The molecule has 1 atom stereocenters. The Kier molecular flexibility index (Phi) is 6.11. The predicted molar refractivity (Wildman–Crippen MR) is 106 cm³/mol. The van der Waals surface area contributed by atoms with Crippen LogP contribution in [0.5, 0.6) is 0 Å². The van der Waals surface area contributed by atoms with Crippen molar-refractivity contribution < 1.29 is 9.90 Å². The van der Waals surface area contributed by atoms with Crippen LogP contribution in [0.2, 0.25) is 20.1 Å². The van der Waals surface area contributed by atoms with E-state index < -0.39 is 12.1 Å². The molecule has 1 aromatic heterocycles. The zero-order valence-electron chi connectivity index (χ0n) is 13.6. The van der Waals surface area contributed by atoms with Gasteiger partial charge in [-0.15, -0.1) is 0 Å². The van der Waals surface area contributed by atoms with E-state index in [9.17, 15) is 9.90 Å². The van der Waals surface area contributed by atoms with Crippen LogP contribution in [0.4, 0.5) is 10.5 Å². The number of halogens is 4. The number of benzene rings is 2. The summed E-state index contributed by atoms with van der Waals surface area (Å²) in [6.45, 7) is 0.159. The molecule has 0 bridgehead atoms. The molecule has 0 spiro atoms. The van der Waals surface area contributed by atoms with Crippen molar-refractivity contribution in [1.82, 2.24) is 14.8 Å². The Morgan fingerprint density at radius 3 is 2.30 bits per heavy atom. The summed E-state index contributed by atoms with van der Waals surface area (Å²) < 4.78 is 1.51. The first-order chi connectivity index (χ1) is 12.9. The molecule has 10 heteroatoms. The first-order valence-corrected chi connectivity index (χ1v) is 9.12. The van der Waals surface area contributed by atoms with Gasteiger partial charge in [-0.2, -0.15) is 5.10 Å². The van der Waals surface area contributed by atoms with Crippen molar-refractivity contribution in [2.75, 3.05) is 4.90 Å². The highest BCUT2D eigenvalue weighted by molar-refractivity contribution is 6.37. The molecule has 6 nitrogen and oxygen atoms in total. The first kappa shape index (κ1) is 19.8. The molecule has 0 saturated carbocycles. The van der Waals surface area contributed by atoms with E-state index in [0.29, 0.717) is 20.6 Å². The second kappa shape index (κ2) is 8.35. The average Bonchev–Trinajstić information content (AvgIpc) is 3.09. The minimum Gasteiger partial charge on any atom is -0.465 e. The molecule has 140 valence electrons. The molecule has 0 aliphatic rings. The average molecular weight is 446 g/mol. The topological polar surface area (TPSA) is 71.2 Å². The van der Waals surface area contributed by atoms with Crippen LogP contribution >= 0.6 is 46.4 Å². The third-order valence-corrected chi connectivity index (χ3v) is 4.94. The predicted octanol–water partition coefficient (Wildman–Crippen LogP) is 5.82. The summed E-state index contributed by atoms with van der Waals surface area (Å²) in [6.07, 6.45) is 1.64. The molecule has 3 rings (SSSR count). The zero-order valence-corrected chi connectivity index (χ0v) is 16.6. The molecule has 27 heavy (non-hydrogen) atoms. The van der Waals surface area contributed by atoms with Gasteiger partial charge in [0, 0.05) is 15.1 Å². The largest absolute Gasteiger partial charge is 0.465 e. The Morgan fingerprint density at radius 1 is 1.07 bits per heavy atom. The third-order valence-electron chi connectivity index (χ3n) is 3.84. The van der Waals surface area contributed by atoms with Crippen LogP contribution in [0.25, 0.3) is 0 Å². The summed E-state index contributed by atoms with van der Waals surface area (Å²) in [6, 6.07) is 8.70. The first-order valence-electron chi connectivity index (χ1n) is 7.61. The van der Waals surface area contributed by atoms with E-state index in [-0.39, 0.29) is 17.3 Å². The molecule has 0 radical (unpaired) electrons. The number of rotatable bonds is 5. The van der Waals surface area contributed by atoms with Crippen LogP contribution in [0.3, 0.4) is 0 Å². The maximum Gasteiger partial charge on any atom is 0.412 e. The van der Waals surface area contributed by atoms with Gasteiger partial charge in [0.15, 0.2) is 0 Å². The fourth-order valence-corrected chi connectivity index (χ4v) is 3.71. The molecule has 3 aromatic rings. The standard InChI is InChI=1S/C17H12Cl4N4O2/c18-10-1-3-12(13(20)5-10)16(7-24-9-22-8-23-24)25(17(26)27)15-4-2-11(19)6-14(15)21/h1-6,8-9,16H,7H2,(H,26,27). The Labute approximate surface area is 174 Å². The summed E-state index contributed by atoms with van der Waals surface area (Å²) in [5.41, 5.74) is 0.815. The van der Waals surface area contributed by atoms with Gasteiger partial charge in [-0.1, -0.05) is 52.5 Å². The van der Waals surface area contributed by atoms with Gasteiger partial charge in [0.05, 0.1) is 23.3 Å². The van der Waals surface area contributed by atoms with Gasteiger partial charge in [-0.25, -0.2) is 9.78 Å². The fraction of sp³-hybridized carbons (Fsp3) is 0.118. The third kappa shape index (κ3) is 4.47. The highest BCUT2D eigenvalue weighted by atomic mass is 35.5. The highest BCUT2D eigenvalue weighted by Gasteiger charge is 2.30. The summed E-state index contributed by atoms with van der Waals surface area (Å²) >= 11 is 24.6. The van der Waals surface area contributed by atoms with Crippen LogP contribution in [0.1, 0.15) is 11.6 Å². The Balaban J connectivity index is 2.14. The number of amides is 1. The molecular formula is C17H12Cl4N4O2. The maximum absolute atomic E-state index is 12.2. The van der Waals surface area contributed by atoms with Gasteiger partial charge in [0.2, 0.25) is 0 Å². The van der Waals surface area contributed by atoms with E-state index in [4.69, 9.17) is 46.4 Å². The molecule has 0 fully saturated rings. The van der Waals surface area contributed by atoms with Gasteiger partial charge in [0.1, 0.15) is 12.7 Å². The molecule has 0 aliphatic carbocycles. The highest BCUT2D eigenvalue weighted by Crippen LogP contribution is 2.38. The summed E-state index contributed by atoms with van der Waals surface area (Å²) in [5.74, 6) is 0. The van der Waals surface area contributed by atoms with Gasteiger partial charge in [-0.05, 0) is 35.9 Å². The quantitative estimate of drug-likeness (QED) is 0.537. The lowest BCUT2D eigenvalue weighted by molar-refractivity contribution is 0.197. The van der Waals surface area contributed by atoms with E-state index in [0.717, 1.165) is 4.90 Å². The Morgan fingerprint density at radius 2 is 1.74 bits per heavy atom. The molecule has 0 saturated heterocycles. The smallest absolute Gasteiger partial charge is 0.412 e. The summed E-state index contributed by atoms with van der Waals surface area (Å²) in [7, 11) is 0. The zero-order chi connectivity index (χ0) is 19.6. The summed E-state index contributed by atoms with van der Waals surface area (Å²) in [4.78, 5) is 17.2. The van der Waals surface area contributed by atoms with E-state index >= 15 is 0 Å². The Bertz CT molecular complexity index is 966.